The molecule has 41 heavy (non-hydrogen) atoms. The van der Waals surface area contributed by atoms with E-state index in [0.29, 0.717) is 12.8 Å². The van der Waals surface area contributed by atoms with Gasteiger partial charge in [-0.3, -0.25) is 4.79 Å². The summed E-state index contributed by atoms with van der Waals surface area (Å²) in [6.07, 6.45) is 6.51. The maximum absolute atomic E-state index is 13.5. The highest BCUT2D eigenvalue weighted by Crippen LogP contribution is 2.24. The fourth-order valence-electron chi connectivity index (χ4n) is 5.38. The molecule has 1 aliphatic carbocycles. The van der Waals surface area contributed by atoms with Crippen molar-refractivity contribution in [3.05, 3.63) is 99.0 Å². The molecule has 3 aromatic carbocycles. The van der Waals surface area contributed by atoms with Crippen LogP contribution in [0.1, 0.15) is 54.6 Å². The number of benzene rings is 3. The standard InChI is InChI=1S/C34H33ClN2O3S/c1-4-37-32-17-11-24(31(36-40-23(3)38)10-7-19-41-27-15-13-26(35)14-16-27)20-29(32)30-21-25(12-18-33(30)37)34(39)28-9-6-5-8-22(28)2/h5-6,8-9,11,13-18,20-21,25H,4,7,10,12,19H2,1-3H3. The summed E-state index contributed by atoms with van der Waals surface area (Å²) < 4.78 is 2.30. The van der Waals surface area contributed by atoms with Gasteiger partial charge in [-0.15, -0.1) is 11.8 Å². The number of Topliss-reactive ketones (excluding diaryl/α,β-unsaturated/α-hetero) is 1. The van der Waals surface area contributed by atoms with Crippen LogP contribution in [-0.4, -0.2) is 27.8 Å². The summed E-state index contributed by atoms with van der Waals surface area (Å²) in [5, 5.41) is 8.27. The molecule has 1 heterocycles. The number of aryl methyl sites for hydroxylation is 2. The number of aromatic nitrogens is 1. The number of thioether (sulfide) groups is 1. The van der Waals surface area contributed by atoms with Crippen LogP contribution in [0.4, 0.5) is 0 Å². The van der Waals surface area contributed by atoms with Crippen molar-refractivity contribution in [3.63, 3.8) is 0 Å². The first kappa shape index (κ1) is 28.9. The maximum Gasteiger partial charge on any atom is 0.331 e. The monoisotopic (exact) mass is 584 g/mol. The van der Waals surface area contributed by atoms with Crippen LogP contribution in [-0.2, 0) is 16.2 Å². The van der Waals surface area contributed by atoms with Crippen LogP contribution in [0, 0.1) is 12.8 Å². The zero-order chi connectivity index (χ0) is 28.9. The number of carbonyl (C=O) groups excluding carboxylic acids is 2. The molecule has 0 bridgehead atoms. The van der Waals surface area contributed by atoms with E-state index < -0.39 is 5.97 Å². The van der Waals surface area contributed by atoms with E-state index in [-0.39, 0.29) is 11.7 Å². The molecule has 4 aromatic rings. The third-order valence-electron chi connectivity index (χ3n) is 7.40. The van der Waals surface area contributed by atoms with E-state index in [9.17, 15) is 9.59 Å². The molecule has 1 aromatic heterocycles. The van der Waals surface area contributed by atoms with Gasteiger partial charge in [-0.2, -0.15) is 0 Å². The minimum absolute atomic E-state index is 0.147. The Labute approximate surface area is 249 Å². The van der Waals surface area contributed by atoms with Gasteiger partial charge in [-0.1, -0.05) is 59.2 Å². The minimum atomic E-state index is -0.450. The number of oxime groups is 1. The zero-order valence-corrected chi connectivity index (χ0v) is 25.1. The summed E-state index contributed by atoms with van der Waals surface area (Å²) in [5.74, 6) is 0.362. The Hall–Kier alpha value is -3.61. The summed E-state index contributed by atoms with van der Waals surface area (Å²) in [6, 6.07) is 21.9. The van der Waals surface area contributed by atoms with Gasteiger partial charge in [0.2, 0.25) is 0 Å². The number of carbonyl (C=O) groups is 2. The van der Waals surface area contributed by atoms with Crippen LogP contribution in [0.3, 0.4) is 0 Å². The molecule has 1 atom stereocenters. The number of fused-ring (bicyclic) bond motifs is 3. The summed E-state index contributed by atoms with van der Waals surface area (Å²) >= 11 is 7.76. The van der Waals surface area contributed by atoms with Gasteiger partial charge in [0, 0.05) is 61.9 Å². The Morgan fingerprint density at radius 3 is 2.61 bits per heavy atom. The number of halogens is 1. The molecule has 1 aliphatic rings. The molecule has 1 unspecified atom stereocenters. The Morgan fingerprint density at radius 2 is 1.88 bits per heavy atom. The minimum Gasteiger partial charge on any atom is -0.341 e. The third kappa shape index (κ3) is 6.50. The Balaban J connectivity index is 1.47. The molecule has 0 spiro atoms. The highest BCUT2D eigenvalue weighted by atomic mass is 35.5. The molecule has 0 saturated heterocycles. The zero-order valence-electron chi connectivity index (χ0n) is 23.5. The summed E-state index contributed by atoms with van der Waals surface area (Å²) in [7, 11) is 0. The lowest BCUT2D eigenvalue weighted by Gasteiger charge is -2.14. The normalized spacial score (nSPS) is 14.7. The number of ketones is 1. The van der Waals surface area contributed by atoms with E-state index in [1.54, 1.807) is 11.8 Å². The second-order valence-electron chi connectivity index (χ2n) is 10.2. The van der Waals surface area contributed by atoms with Crippen molar-refractivity contribution >= 4 is 63.9 Å². The summed E-state index contributed by atoms with van der Waals surface area (Å²) in [4.78, 5) is 31.4. The van der Waals surface area contributed by atoms with Crippen molar-refractivity contribution < 1.29 is 14.4 Å². The second kappa shape index (κ2) is 12.9. The maximum atomic E-state index is 13.5. The average Bonchev–Trinajstić information content (AvgIpc) is 3.29. The van der Waals surface area contributed by atoms with Crippen LogP contribution in [0.2, 0.25) is 5.02 Å². The van der Waals surface area contributed by atoms with E-state index in [0.717, 1.165) is 72.5 Å². The summed E-state index contributed by atoms with van der Waals surface area (Å²) in [6.45, 7) is 6.30. The highest BCUT2D eigenvalue weighted by molar-refractivity contribution is 7.99. The Bertz CT molecular complexity index is 1760. The van der Waals surface area contributed by atoms with Crippen LogP contribution in [0.25, 0.3) is 23.1 Å². The van der Waals surface area contributed by atoms with E-state index in [1.807, 2.05) is 61.5 Å². The smallest absolute Gasteiger partial charge is 0.331 e. The lowest BCUT2D eigenvalue weighted by Crippen LogP contribution is -2.34. The fourth-order valence-corrected chi connectivity index (χ4v) is 6.36. The number of nitrogens with zero attached hydrogens (tertiary/aromatic N) is 2. The molecule has 5 rings (SSSR count). The van der Waals surface area contributed by atoms with Gasteiger partial charge in [-0.05, 0) is 80.8 Å². The first-order chi connectivity index (χ1) is 19.9. The lowest BCUT2D eigenvalue weighted by molar-refractivity contribution is -0.140. The predicted octanol–water partition coefficient (Wildman–Crippen LogP) is 6.93. The first-order valence-corrected chi connectivity index (χ1v) is 15.3. The van der Waals surface area contributed by atoms with Crippen molar-refractivity contribution in [2.75, 3.05) is 5.75 Å². The van der Waals surface area contributed by atoms with Gasteiger partial charge in [0.1, 0.15) is 0 Å². The topological polar surface area (TPSA) is 60.7 Å². The molecule has 0 radical (unpaired) electrons. The first-order valence-electron chi connectivity index (χ1n) is 13.9. The SMILES string of the molecule is CCn1c2c(c3cc(C(CCCSc4ccc(Cl)cc4)=NOC(C)=O)ccc31)=CC(C(=O)c1ccccc1C)CC=2. The van der Waals surface area contributed by atoms with Crippen molar-refractivity contribution in [1.82, 2.24) is 4.57 Å². The molecule has 0 fully saturated rings. The van der Waals surface area contributed by atoms with Crippen molar-refractivity contribution in [2.45, 2.75) is 51.5 Å². The lowest BCUT2D eigenvalue weighted by atomic mass is 9.89. The van der Waals surface area contributed by atoms with E-state index in [2.05, 4.69) is 40.9 Å². The van der Waals surface area contributed by atoms with Gasteiger partial charge in [0.25, 0.3) is 0 Å². The molecule has 0 N–H and O–H groups in total. The van der Waals surface area contributed by atoms with Crippen LogP contribution in [0.15, 0.2) is 76.8 Å². The molecule has 0 saturated carbocycles. The van der Waals surface area contributed by atoms with E-state index in [4.69, 9.17) is 16.4 Å². The predicted molar refractivity (Wildman–Crippen MR) is 169 cm³/mol. The quantitative estimate of drug-likeness (QED) is 0.0506. The molecule has 7 heteroatoms. The Kier molecular flexibility index (Phi) is 9.11. The van der Waals surface area contributed by atoms with Gasteiger partial charge in [0.05, 0.1) is 5.71 Å². The number of hydrogen-bond donors (Lipinski definition) is 0. The molecule has 0 amide bonds. The molecule has 210 valence electrons. The van der Waals surface area contributed by atoms with Gasteiger partial charge in [0.15, 0.2) is 5.78 Å². The van der Waals surface area contributed by atoms with E-state index in [1.165, 1.54) is 6.92 Å². The van der Waals surface area contributed by atoms with E-state index >= 15 is 0 Å². The largest absolute Gasteiger partial charge is 0.341 e. The number of rotatable bonds is 10. The molecular formula is C34H33ClN2O3S. The molecule has 5 nitrogen and oxygen atoms in total. The van der Waals surface area contributed by atoms with Crippen molar-refractivity contribution in [2.24, 2.45) is 11.1 Å². The van der Waals surface area contributed by atoms with Crippen LogP contribution in [0.5, 0.6) is 0 Å². The van der Waals surface area contributed by atoms with Crippen LogP contribution < -0.4 is 10.6 Å². The van der Waals surface area contributed by atoms with Crippen molar-refractivity contribution in [3.8, 4) is 0 Å². The average molecular weight is 585 g/mol. The van der Waals surface area contributed by atoms with Gasteiger partial charge >= 0.3 is 5.97 Å². The third-order valence-corrected chi connectivity index (χ3v) is 8.75. The van der Waals surface area contributed by atoms with Gasteiger partial charge in [-0.25, -0.2) is 4.79 Å². The summed E-state index contributed by atoms with van der Waals surface area (Å²) in [5.41, 5.74) is 4.52. The highest BCUT2D eigenvalue weighted by Gasteiger charge is 2.22. The number of hydrogen-bond acceptors (Lipinski definition) is 5. The second-order valence-corrected chi connectivity index (χ2v) is 11.8. The van der Waals surface area contributed by atoms with Gasteiger partial charge < -0.3 is 9.40 Å². The molecular weight excluding hydrogens is 552 g/mol. The van der Waals surface area contributed by atoms with Crippen molar-refractivity contribution in [1.29, 1.82) is 0 Å². The molecule has 0 aliphatic heterocycles. The Morgan fingerprint density at radius 1 is 1.10 bits per heavy atom. The fraction of sp³-hybridized carbons (Fsp3) is 0.265. The van der Waals surface area contributed by atoms with Crippen LogP contribution >= 0.6 is 23.4 Å².